The lowest BCUT2D eigenvalue weighted by molar-refractivity contribution is 0.406. The number of nitriles is 1. The van der Waals surface area contributed by atoms with Crippen LogP contribution < -0.4 is 4.74 Å². The number of methoxy groups -OCH3 is 1. The molecular formula is C17H18N2O3S. The molecule has 0 spiro atoms. The molecule has 0 fully saturated rings. The van der Waals surface area contributed by atoms with E-state index < -0.39 is 10.0 Å². The van der Waals surface area contributed by atoms with E-state index in [9.17, 15) is 8.42 Å². The van der Waals surface area contributed by atoms with Crippen molar-refractivity contribution in [2.24, 2.45) is 0 Å². The Hall–Kier alpha value is -2.36. The van der Waals surface area contributed by atoms with Gasteiger partial charge in [0.05, 0.1) is 23.6 Å². The summed E-state index contributed by atoms with van der Waals surface area (Å²) in [4.78, 5) is 0.180. The first-order chi connectivity index (χ1) is 11.0. The van der Waals surface area contributed by atoms with Crippen molar-refractivity contribution in [1.29, 1.82) is 5.26 Å². The van der Waals surface area contributed by atoms with Crippen LogP contribution in [0.1, 0.15) is 11.1 Å². The number of ether oxygens (including phenoxy) is 1. The molecule has 0 saturated carbocycles. The number of likely N-dealkylation sites (N-methyl/N-ethyl adjacent to an activating group) is 1. The molecule has 2 rings (SSSR count). The van der Waals surface area contributed by atoms with Crippen LogP contribution >= 0.6 is 0 Å². The molecule has 2 aromatic rings. The third-order valence-corrected chi connectivity index (χ3v) is 5.45. The second-order valence-electron chi connectivity index (χ2n) is 5.02. The first kappa shape index (κ1) is 17.0. The molecule has 0 heterocycles. The maximum atomic E-state index is 12.5. The average Bonchev–Trinajstić information content (AvgIpc) is 2.59. The summed E-state index contributed by atoms with van der Waals surface area (Å²) in [6.45, 7) is 0.336. The Balaban J connectivity index is 2.12. The molecule has 0 N–H and O–H groups in total. The van der Waals surface area contributed by atoms with Crippen LogP contribution in [0.5, 0.6) is 5.75 Å². The summed E-state index contributed by atoms with van der Waals surface area (Å²) < 4.78 is 31.6. The van der Waals surface area contributed by atoms with Gasteiger partial charge in [-0.2, -0.15) is 5.26 Å². The van der Waals surface area contributed by atoms with E-state index in [-0.39, 0.29) is 4.90 Å². The van der Waals surface area contributed by atoms with Crippen LogP contribution in [-0.4, -0.2) is 33.4 Å². The second-order valence-corrected chi connectivity index (χ2v) is 7.07. The number of para-hydroxylation sites is 1. The van der Waals surface area contributed by atoms with E-state index in [2.05, 4.69) is 0 Å². The molecule has 0 bridgehead atoms. The highest BCUT2D eigenvalue weighted by Crippen LogP contribution is 2.20. The number of nitrogens with zero attached hydrogens (tertiary/aromatic N) is 2. The number of hydrogen-bond acceptors (Lipinski definition) is 4. The summed E-state index contributed by atoms with van der Waals surface area (Å²) in [5, 5.41) is 8.78. The van der Waals surface area contributed by atoms with Gasteiger partial charge in [0, 0.05) is 13.6 Å². The van der Waals surface area contributed by atoms with Crippen LogP contribution in [0.25, 0.3) is 0 Å². The van der Waals surface area contributed by atoms with Crippen LogP contribution in [0.15, 0.2) is 53.4 Å². The molecule has 23 heavy (non-hydrogen) atoms. The zero-order valence-corrected chi connectivity index (χ0v) is 13.9. The minimum absolute atomic E-state index is 0.180. The fraction of sp³-hybridized carbons (Fsp3) is 0.235. The first-order valence-corrected chi connectivity index (χ1v) is 8.51. The zero-order chi connectivity index (χ0) is 16.9. The Bertz CT molecular complexity index is 808. The molecule has 0 unspecified atom stereocenters. The van der Waals surface area contributed by atoms with Crippen molar-refractivity contribution in [2.75, 3.05) is 20.7 Å². The lowest BCUT2D eigenvalue weighted by atomic mass is 10.1. The van der Waals surface area contributed by atoms with Crippen molar-refractivity contribution in [3.63, 3.8) is 0 Å². The van der Waals surface area contributed by atoms with Crippen molar-refractivity contribution in [1.82, 2.24) is 4.31 Å². The Morgan fingerprint density at radius 3 is 2.39 bits per heavy atom. The van der Waals surface area contributed by atoms with E-state index >= 15 is 0 Å². The summed E-state index contributed by atoms with van der Waals surface area (Å²) in [5.74, 6) is 0.747. The fourth-order valence-corrected chi connectivity index (χ4v) is 3.36. The van der Waals surface area contributed by atoms with Crippen molar-refractivity contribution in [2.45, 2.75) is 11.3 Å². The third kappa shape index (κ3) is 3.89. The fourth-order valence-electron chi connectivity index (χ4n) is 2.19. The number of hydrogen-bond donors (Lipinski definition) is 0. The Morgan fingerprint density at radius 2 is 1.78 bits per heavy atom. The van der Waals surface area contributed by atoms with E-state index in [1.807, 2.05) is 30.3 Å². The smallest absolute Gasteiger partial charge is 0.242 e. The van der Waals surface area contributed by atoms with E-state index in [4.69, 9.17) is 10.00 Å². The maximum absolute atomic E-state index is 12.5. The second kappa shape index (κ2) is 7.27. The molecule has 0 aliphatic carbocycles. The van der Waals surface area contributed by atoms with E-state index in [1.54, 1.807) is 14.2 Å². The van der Waals surface area contributed by atoms with Gasteiger partial charge >= 0.3 is 0 Å². The molecule has 0 amide bonds. The SMILES string of the molecule is COc1ccccc1CCN(C)S(=O)(=O)c1ccc(C#N)cc1. The molecule has 120 valence electrons. The van der Waals surface area contributed by atoms with Crippen LogP contribution in [-0.2, 0) is 16.4 Å². The van der Waals surface area contributed by atoms with Gasteiger partial charge in [-0.3, -0.25) is 0 Å². The first-order valence-electron chi connectivity index (χ1n) is 7.07. The van der Waals surface area contributed by atoms with E-state index in [0.29, 0.717) is 18.5 Å². The van der Waals surface area contributed by atoms with Crippen molar-refractivity contribution < 1.29 is 13.2 Å². The molecule has 0 radical (unpaired) electrons. The third-order valence-electron chi connectivity index (χ3n) is 3.58. The molecule has 6 heteroatoms. The van der Waals surface area contributed by atoms with Gasteiger partial charge in [-0.1, -0.05) is 18.2 Å². The van der Waals surface area contributed by atoms with Crippen LogP contribution in [0.2, 0.25) is 0 Å². The predicted molar refractivity (Wildman–Crippen MR) is 87.7 cm³/mol. The summed E-state index contributed by atoms with van der Waals surface area (Å²) in [6.07, 6.45) is 0.552. The zero-order valence-electron chi connectivity index (χ0n) is 13.1. The van der Waals surface area contributed by atoms with Crippen LogP contribution in [0.4, 0.5) is 0 Å². The van der Waals surface area contributed by atoms with Gasteiger partial charge in [0.25, 0.3) is 0 Å². The molecule has 0 atom stereocenters. The lowest BCUT2D eigenvalue weighted by Gasteiger charge is -2.18. The molecule has 0 aromatic heterocycles. The number of sulfonamides is 1. The minimum atomic E-state index is -3.57. The van der Waals surface area contributed by atoms with E-state index in [0.717, 1.165) is 11.3 Å². The van der Waals surface area contributed by atoms with Gasteiger partial charge in [-0.15, -0.1) is 0 Å². The standard InChI is InChI=1S/C17H18N2O3S/c1-19(12-11-15-5-3-4-6-17(15)22-2)23(20,21)16-9-7-14(13-18)8-10-16/h3-10H,11-12H2,1-2H3. The van der Waals surface area contributed by atoms with Crippen LogP contribution in [0, 0.1) is 11.3 Å². The Labute approximate surface area is 136 Å². The van der Waals surface area contributed by atoms with Gasteiger partial charge in [0.15, 0.2) is 0 Å². The highest BCUT2D eigenvalue weighted by Gasteiger charge is 2.20. The maximum Gasteiger partial charge on any atom is 0.242 e. The van der Waals surface area contributed by atoms with Gasteiger partial charge in [0.2, 0.25) is 10.0 Å². The van der Waals surface area contributed by atoms with Gasteiger partial charge in [-0.05, 0) is 42.3 Å². The molecule has 0 aliphatic heterocycles. The van der Waals surface area contributed by atoms with Crippen molar-refractivity contribution in [3.8, 4) is 11.8 Å². The van der Waals surface area contributed by atoms with Gasteiger partial charge in [0.1, 0.15) is 5.75 Å². The molecular weight excluding hydrogens is 312 g/mol. The van der Waals surface area contributed by atoms with Gasteiger partial charge < -0.3 is 4.74 Å². The highest BCUT2D eigenvalue weighted by molar-refractivity contribution is 7.89. The summed E-state index contributed by atoms with van der Waals surface area (Å²) in [6, 6.07) is 15.4. The number of benzene rings is 2. The summed E-state index contributed by atoms with van der Waals surface area (Å²) in [5.41, 5.74) is 1.39. The minimum Gasteiger partial charge on any atom is -0.496 e. The van der Waals surface area contributed by atoms with Crippen molar-refractivity contribution in [3.05, 3.63) is 59.7 Å². The molecule has 5 nitrogen and oxygen atoms in total. The number of rotatable bonds is 6. The average molecular weight is 330 g/mol. The van der Waals surface area contributed by atoms with Crippen molar-refractivity contribution >= 4 is 10.0 Å². The summed E-state index contributed by atoms with van der Waals surface area (Å²) in [7, 11) is -0.433. The Kier molecular flexibility index (Phi) is 5.37. The van der Waals surface area contributed by atoms with E-state index in [1.165, 1.54) is 28.6 Å². The highest BCUT2D eigenvalue weighted by atomic mass is 32.2. The quantitative estimate of drug-likeness (QED) is 0.815. The normalized spacial score (nSPS) is 11.2. The largest absolute Gasteiger partial charge is 0.496 e. The van der Waals surface area contributed by atoms with Gasteiger partial charge in [-0.25, -0.2) is 12.7 Å². The molecule has 0 aliphatic rings. The van der Waals surface area contributed by atoms with Crippen LogP contribution in [0.3, 0.4) is 0 Å². The molecule has 2 aromatic carbocycles. The Morgan fingerprint density at radius 1 is 1.13 bits per heavy atom. The topological polar surface area (TPSA) is 70.4 Å². The summed E-state index contributed by atoms with van der Waals surface area (Å²) >= 11 is 0. The molecule has 0 saturated heterocycles. The predicted octanol–water partition coefficient (Wildman–Crippen LogP) is 2.43. The monoisotopic (exact) mass is 330 g/mol. The lowest BCUT2D eigenvalue weighted by Crippen LogP contribution is -2.29.